The van der Waals surface area contributed by atoms with E-state index in [9.17, 15) is 13.6 Å². The lowest BCUT2D eigenvalue weighted by Gasteiger charge is -2.45. The van der Waals surface area contributed by atoms with E-state index >= 15 is 0 Å². The van der Waals surface area contributed by atoms with Gasteiger partial charge in [-0.2, -0.15) is 9.94 Å². The van der Waals surface area contributed by atoms with Crippen molar-refractivity contribution >= 4 is 6.29 Å². The lowest BCUT2D eigenvalue weighted by molar-refractivity contribution is -0.107. The number of benzene rings is 1. The number of fused-ring (bicyclic) bond motifs is 1. The van der Waals surface area contributed by atoms with Crippen LogP contribution in [-0.4, -0.2) is 87.2 Å². The fourth-order valence-corrected chi connectivity index (χ4v) is 4.08. The van der Waals surface area contributed by atoms with Crippen LogP contribution in [0.25, 0.3) is 5.82 Å². The van der Waals surface area contributed by atoms with Gasteiger partial charge in [0, 0.05) is 50.4 Å². The molecule has 0 spiro atoms. The minimum absolute atomic E-state index is 0.269. The molecule has 2 aliphatic heterocycles. The number of likely N-dealkylation sites (N-methyl/N-ethyl adjacent to an activating group) is 1. The van der Waals surface area contributed by atoms with Gasteiger partial charge in [0.05, 0.1) is 12.7 Å². The monoisotopic (exact) mass is 482 g/mol. The van der Waals surface area contributed by atoms with Gasteiger partial charge in [-0.05, 0) is 35.2 Å². The second kappa shape index (κ2) is 11.2. The molecule has 1 aromatic carbocycles. The van der Waals surface area contributed by atoms with Crippen LogP contribution in [0.5, 0.6) is 0 Å². The molecule has 3 aromatic rings. The third kappa shape index (κ3) is 5.71. The number of morpholine rings is 1. The van der Waals surface area contributed by atoms with Crippen molar-refractivity contribution in [3.05, 3.63) is 65.1 Å². The van der Waals surface area contributed by atoms with E-state index in [2.05, 4.69) is 37.4 Å². The largest absolute Gasteiger partial charge is 0.370 e. The maximum atomic E-state index is 14.2. The van der Waals surface area contributed by atoms with Crippen molar-refractivity contribution in [1.82, 2.24) is 35.0 Å². The molecule has 10 nitrogen and oxygen atoms in total. The number of piperazine rings is 1. The van der Waals surface area contributed by atoms with Crippen molar-refractivity contribution in [3.8, 4) is 11.9 Å². The molecule has 35 heavy (non-hydrogen) atoms. The van der Waals surface area contributed by atoms with Crippen molar-refractivity contribution in [2.24, 2.45) is 0 Å². The Hall–Kier alpha value is -3.66. The Bertz CT molecular complexity index is 1180. The van der Waals surface area contributed by atoms with Gasteiger partial charge in [-0.25, -0.2) is 13.8 Å². The van der Waals surface area contributed by atoms with Gasteiger partial charge in [0.1, 0.15) is 35.9 Å². The molecule has 182 valence electrons. The van der Waals surface area contributed by atoms with Gasteiger partial charge in [0.25, 0.3) is 0 Å². The zero-order valence-corrected chi connectivity index (χ0v) is 19.1. The van der Waals surface area contributed by atoms with Gasteiger partial charge in [-0.1, -0.05) is 12.1 Å². The Kier molecular flexibility index (Phi) is 7.81. The first-order valence-electron chi connectivity index (χ1n) is 11.0. The van der Waals surface area contributed by atoms with Gasteiger partial charge in [0.2, 0.25) is 0 Å². The fraction of sp³-hybridized carbons (Fsp3) is 0.391. The molecule has 5 rings (SSSR count). The highest BCUT2D eigenvalue weighted by atomic mass is 19.1. The molecule has 0 saturated carbocycles. The van der Waals surface area contributed by atoms with Crippen LogP contribution in [-0.2, 0) is 16.0 Å². The minimum Gasteiger partial charge on any atom is -0.370 e. The molecule has 2 atom stereocenters. The van der Waals surface area contributed by atoms with Gasteiger partial charge in [-0.15, -0.1) is 5.10 Å². The highest BCUT2D eigenvalue weighted by Gasteiger charge is 2.34. The quantitative estimate of drug-likeness (QED) is 0.508. The van der Waals surface area contributed by atoms with Crippen LogP contribution in [0.15, 0.2) is 36.8 Å². The summed E-state index contributed by atoms with van der Waals surface area (Å²) in [5.41, 5.74) is 0.610. The van der Waals surface area contributed by atoms with E-state index in [1.54, 1.807) is 18.3 Å². The second-order valence-electron chi connectivity index (χ2n) is 8.32. The standard InChI is InChI=1S/C15H17F2N3O.C8H7N5O/c1-19-4-5-20-8-14(21-9-10(20)7-19)11-2-3-13(16)12(6-18)15(11)17;14-4-3-7-1-2-8(9-5-7)13-6-10-11-12-13/h2-3,10,14H,4-5,7-9H2,1H3;1-2,4-6H,3H2. The zero-order chi connectivity index (χ0) is 24.8. The Morgan fingerprint density at radius 3 is 2.77 bits per heavy atom. The Morgan fingerprint density at radius 2 is 2.09 bits per heavy atom. The number of carbonyl (C=O) groups is 1. The smallest absolute Gasteiger partial charge is 0.156 e. The molecule has 2 unspecified atom stereocenters. The van der Waals surface area contributed by atoms with E-state index in [0.717, 1.165) is 37.6 Å². The summed E-state index contributed by atoms with van der Waals surface area (Å²) in [5.74, 6) is -0.994. The summed E-state index contributed by atoms with van der Waals surface area (Å²) in [6.07, 6.45) is 3.86. The van der Waals surface area contributed by atoms with E-state index in [1.807, 2.05) is 6.07 Å². The van der Waals surface area contributed by atoms with Crippen LogP contribution < -0.4 is 0 Å². The van der Waals surface area contributed by atoms with E-state index in [4.69, 9.17) is 10.00 Å². The maximum Gasteiger partial charge on any atom is 0.156 e. The van der Waals surface area contributed by atoms with Crippen LogP contribution in [0.3, 0.4) is 0 Å². The minimum atomic E-state index is -0.827. The first-order valence-corrected chi connectivity index (χ1v) is 11.0. The molecule has 0 N–H and O–H groups in total. The van der Waals surface area contributed by atoms with Gasteiger partial charge in [-0.3, -0.25) is 4.90 Å². The van der Waals surface area contributed by atoms with Gasteiger partial charge >= 0.3 is 0 Å². The van der Waals surface area contributed by atoms with Crippen LogP contribution in [0.4, 0.5) is 8.78 Å². The average Bonchev–Trinajstić information content (AvgIpc) is 3.40. The Balaban J connectivity index is 0.000000179. The molecular formula is C23H24F2N8O2. The van der Waals surface area contributed by atoms with E-state index in [-0.39, 0.29) is 5.56 Å². The summed E-state index contributed by atoms with van der Waals surface area (Å²) >= 11 is 0. The Labute approximate surface area is 200 Å². The van der Waals surface area contributed by atoms with Crippen LogP contribution in [0.1, 0.15) is 22.8 Å². The van der Waals surface area contributed by atoms with Crippen molar-refractivity contribution in [2.45, 2.75) is 18.6 Å². The number of hydrogen-bond donors (Lipinski definition) is 0. The van der Waals surface area contributed by atoms with Crippen molar-refractivity contribution in [3.63, 3.8) is 0 Å². The summed E-state index contributed by atoms with van der Waals surface area (Å²) in [6.45, 7) is 3.91. The topological polar surface area (TPSA) is 113 Å². The van der Waals surface area contributed by atoms with Crippen LogP contribution >= 0.6 is 0 Å². The third-order valence-electron chi connectivity index (χ3n) is 5.99. The number of aromatic nitrogens is 5. The second-order valence-corrected chi connectivity index (χ2v) is 8.32. The highest BCUT2D eigenvalue weighted by Crippen LogP contribution is 2.30. The Morgan fingerprint density at radius 1 is 1.23 bits per heavy atom. The summed E-state index contributed by atoms with van der Waals surface area (Å²) in [6, 6.07) is 7.99. The van der Waals surface area contributed by atoms with Gasteiger partial charge in [0.15, 0.2) is 5.82 Å². The molecule has 2 fully saturated rings. The first kappa shape index (κ1) is 24.5. The first-order chi connectivity index (χ1) is 17.0. The molecule has 0 bridgehead atoms. The number of halogens is 2. The predicted molar refractivity (Wildman–Crippen MR) is 119 cm³/mol. The molecular weight excluding hydrogens is 458 g/mol. The molecule has 0 amide bonds. The molecule has 0 radical (unpaired) electrons. The lowest BCUT2D eigenvalue weighted by atomic mass is 10.0. The summed E-state index contributed by atoms with van der Waals surface area (Å²) in [4.78, 5) is 18.9. The summed E-state index contributed by atoms with van der Waals surface area (Å²) in [5, 5.41) is 19.5. The number of nitrogens with zero attached hydrogens (tertiary/aromatic N) is 8. The number of aldehydes is 1. The van der Waals surface area contributed by atoms with E-state index in [1.165, 1.54) is 17.1 Å². The van der Waals surface area contributed by atoms with Crippen molar-refractivity contribution in [1.29, 1.82) is 5.26 Å². The molecule has 12 heteroatoms. The zero-order valence-electron chi connectivity index (χ0n) is 19.1. The van der Waals surface area contributed by atoms with Crippen molar-refractivity contribution < 1.29 is 18.3 Å². The lowest BCUT2D eigenvalue weighted by Crippen LogP contribution is -2.57. The third-order valence-corrected chi connectivity index (χ3v) is 5.99. The molecule has 2 aliphatic rings. The highest BCUT2D eigenvalue weighted by molar-refractivity contribution is 5.54. The fourth-order valence-electron chi connectivity index (χ4n) is 4.08. The molecule has 2 aromatic heterocycles. The van der Waals surface area contributed by atoms with Crippen LogP contribution in [0.2, 0.25) is 0 Å². The number of tetrazole rings is 1. The van der Waals surface area contributed by atoms with Crippen LogP contribution in [0, 0.1) is 23.0 Å². The number of ether oxygens (including phenoxy) is 1. The number of nitriles is 1. The number of pyridine rings is 1. The predicted octanol–water partition coefficient (Wildman–Crippen LogP) is 1.32. The van der Waals surface area contributed by atoms with E-state index < -0.39 is 23.3 Å². The number of carbonyl (C=O) groups excluding carboxylic acids is 1. The SMILES string of the molecule is CN1CCN2CC(c3ccc(F)c(C#N)c3F)OCC2C1.O=CCc1ccc(-n2cnnn2)nc1. The summed E-state index contributed by atoms with van der Waals surface area (Å²) in [7, 11) is 2.07. The summed E-state index contributed by atoms with van der Waals surface area (Å²) < 4.78 is 34.8. The van der Waals surface area contributed by atoms with Gasteiger partial charge < -0.3 is 14.4 Å². The average molecular weight is 482 g/mol. The number of rotatable bonds is 4. The normalized spacial score (nSPS) is 20.3. The number of hydrogen-bond acceptors (Lipinski definition) is 9. The molecule has 4 heterocycles. The van der Waals surface area contributed by atoms with E-state index in [0.29, 0.717) is 31.4 Å². The maximum absolute atomic E-state index is 14.2. The molecule has 0 aliphatic carbocycles. The molecule has 2 saturated heterocycles. The van der Waals surface area contributed by atoms with Crippen molar-refractivity contribution in [2.75, 3.05) is 39.8 Å².